The van der Waals surface area contributed by atoms with E-state index in [0.29, 0.717) is 17.0 Å². The fourth-order valence-corrected chi connectivity index (χ4v) is 4.91. The van der Waals surface area contributed by atoms with Gasteiger partial charge in [0.25, 0.3) is 0 Å². The molecule has 0 saturated carbocycles. The molecule has 0 bridgehead atoms. The van der Waals surface area contributed by atoms with Crippen LogP contribution in [0.15, 0.2) is 76.1 Å². The Morgan fingerprint density at radius 2 is 1.85 bits per heavy atom. The first-order chi connectivity index (χ1) is 19.5. The highest BCUT2D eigenvalue weighted by atomic mass is 16.5. The first-order valence-corrected chi connectivity index (χ1v) is 13.9. The molecule has 2 aromatic heterocycles. The van der Waals surface area contributed by atoms with Gasteiger partial charge >= 0.3 is 5.63 Å². The molecule has 3 aromatic carbocycles. The Balaban J connectivity index is 1.15. The molecule has 1 N–H and O–H groups in total. The highest BCUT2D eigenvalue weighted by molar-refractivity contribution is 5.88. The minimum atomic E-state index is -0.816. The molecule has 1 unspecified atom stereocenters. The van der Waals surface area contributed by atoms with Gasteiger partial charge in [0, 0.05) is 22.4 Å². The van der Waals surface area contributed by atoms with Crippen molar-refractivity contribution >= 4 is 21.7 Å². The lowest BCUT2D eigenvalue weighted by molar-refractivity contribution is 0.0888. The van der Waals surface area contributed by atoms with Crippen molar-refractivity contribution < 1.29 is 19.0 Å². The molecule has 0 aliphatic rings. The third-order valence-corrected chi connectivity index (χ3v) is 7.09. The normalized spacial score (nSPS) is 12.2. The number of aliphatic hydroxyl groups excluding tert-OH is 1. The smallest absolute Gasteiger partial charge is 0.339 e. The molecule has 1 atom stereocenters. The summed E-state index contributed by atoms with van der Waals surface area (Å²) in [5.41, 5.74) is 2.57. The van der Waals surface area contributed by atoms with Gasteiger partial charge in [-0.1, -0.05) is 67.8 Å². The SMILES string of the molecule is CCCCCCc1c(C)c2ccc(OCC(O)Cn3cc(COc4cccc5ccccc45)nn3)cc2oc1=O. The van der Waals surface area contributed by atoms with E-state index in [1.54, 1.807) is 16.9 Å². The van der Waals surface area contributed by atoms with Gasteiger partial charge in [0.2, 0.25) is 0 Å². The van der Waals surface area contributed by atoms with E-state index in [2.05, 4.69) is 17.2 Å². The predicted molar refractivity (Wildman–Crippen MR) is 155 cm³/mol. The number of unbranched alkanes of at least 4 members (excludes halogenated alkanes) is 3. The first-order valence-electron chi connectivity index (χ1n) is 13.9. The van der Waals surface area contributed by atoms with Crippen molar-refractivity contribution in [2.24, 2.45) is 0 Å². The number of aromatic nitrogens is 3. The van der Waals surface area contributed by atoms with Crippen LogP contribution in [0.25, 0.3) is 21.7 Å². The van der Waals surface area contributed by atoms with Crippen LogP contribution in [0.1, 0.15) is 49.4 Å². The maximum Gasteiger partial charge on any atom is 0.339 e. The van der Waals surface area contributed by atoms with Crippen molar-refractivity contribution in [1.82, 2.24) is 15.0 Å². The van der Waals surface area contributed by atoms with Crippen LogP contribution in [0.3, 0.4) is 0 Å². The lowest BCUT2D eigenvalue weighted by atomic mass is 10.0. The van der Waals surface area contributed by atoms with Crippen LogP contribution in [0.5, 0.6) is 11.5 Å². The molecule has 0 spiro atoms. The molecule has 0 aliphatic carbocycles. The number of hydrogen-bond donors (Lipinski definition) is 1. The Morgan fingerprint density at radius 3 is 2.73 bits per heavy atom. The van der Waals surface area contributed by atoms with Crippen LogP contribution in [0, 0.1) is 6.92 Å². The fraction of sp³-hybridized carbons (Fsp3) is 0.344. The minimum Gasteiger partial charge on any atom is -0.491 e. The molecule has 0 amide bonds. The van der Waals surface area contributed by atoms with E-state index in [-0.39, 0.29) is 25.4 Å². The van der Waals surface area contributed by atoms with Crippen molar-refractivity contribution in [2.45, 2.75) is 65.2 Å². The Kier molecular flexibility index (Phi) is 8.76. The maximum atomic E-state index is 12.6. The van der Waals surface area contributed by atoms with Gasteiger partial charge in [0.1, 0.15) is 42.1 Å². The van der Waals surface area contributed by atoms with Crippen LogP contribution in [-0.4, -0.2) is 32.8 Å². The fourth-order valence-electron chi connectivity index (χ4n) is 4.91. The molecule has 40 heavy (non-hydrogen) atoms. The van der Waals surface area contributed by atoms with E-state index in [9.17, 15) is 9.90 Å². The van der Waals surface area contributed by atoms with E-state index in [1.807, 2.05) is 61.5 Å². The number of fused-ring (bicyclic) bond motifs is 2. The molecule has 0 saturated heterocycles. The molecule has 0 radical (unpaired) electrons. The van der Waals surface area contributed by atoms with E-state index in [0.717, 1.165) is 58.7 Å². The van der Waals surface area contributed by atoms with Gasteiger partial charge in [-0.25, -0.2) is 9.48 Å². The van der Waals surface area contributed by atoms with Gasteiger partial charge in [-0.2, -0.15) is 0 Å². The third kappa shape index (κ3) is 6.51. The zero-order chi connectivity index (χ0) is 27.9. The summed E-state index contributed by atoms with van der Waals surface area (Å²) in [7, 11) is 0. The molecule has 0 fully saturated rings. The maximum absolute atomic E-state index is 12.6. The second-order valence-electron chi connectivity index (χ2n) is 10.1. The zero-order valence-electron chi connectivity index (χ0n) is 23.0. The van der Waals surface area contributed by atoms with Crippen LogP contribution in [0.4, 0.5) is 0 Å². The Hall–Kier alpha value is -4.17. The molecule has 208 valence electrons. The number of benzene rings is 3. The van der Waals surface area contributed by atoms with Gasteiger partial charge in [-0.15, -0.1) is 5.10 Å². The summed E-state index contributed by atoms with van der Waals surface area (Å²) in [6.45, 7) is 4.67. The topological polar surface area (TPSA) is 99.6 Å². The number of rotatable bonds is 13. The van der Waals surface area contributed by atoms with E-state index < -0.39 is 6.10 Å². The zero-order valence-corrected chi connectivity index (χ0v) is 23.0. The Morgan fingerprint density at radius 1 is 1.00 bits per heavy atom. The lowest BCUT2D eigenvalue weighted by Crippen LogP contribution is -2.24. The van der Waals surface area contributed by atoms with Gasteiger partial charge in [-0.3, -0.25) is 0 Å². The van der Waals surface area contributed by atoms with Crippen molar-refractivity contribution in [3.05, 3.63) is 94.1 Å². The first kappa shape index (κ1) is 27.4. The van der Waals surface area contributed by atoms with Crippen molar-refractivity contribution in [3.8, 4) is 11.5 Å². The standard InChI is InChI=1S/C32H35N3O5/c1-3-4-5-6-12-28-22(2)27-16-15-26(17-31(27)40-32(28)37)38-21-25(36)19-35-18-24(33-34-35)20-39-30-14-9-11-23-10-7-8-13-29(23)30/h7-11,13-18,25,36H,3-6,12,19-21H2,1-2H3. The van der Waals surface area contributed by atoms with E-state index in [4.69, 9.17) is 13.9 Å². The Bertz CT molecular complexity index is 1640. The number of hydrogen-bond acceptors (Lipinski definition) is 7. The largest absolute Gasteiger partial charge is 0.491 e. The number of ether oxygens (including phenoxy) is 2. The van der Waals surface area contributed by atoms with Crippen molar-refractivity contribution in [1.29, 1.82) is 0 Å². The summed E-state index contributed by atoms with van der Waals surface area (Å²) < 4.78 is 19.0. The van der Waals surface area contributed by atoms with Crippen LogP contribution in [-0.2, 0) is 19.6 Å². The molecular formula is C32H35N3O5. The van der Waals surface area contributed by atoms with Crippen LogP contribution >= 0.6 is 0 Å². The molecule has 8 nitrogen and oxygen atoms in total. The Labute approximate surface area is 233 Å². The summed E-state index contributed by atoms with van der Waals surface area (Å²) in [5.74, 6) is 1.30. The molecular weight excluding hydrogens is 506 g/mol. The van der Waals surface area contributed by atoms with Crippen LogP contribution in [0.2, 0.25) is 0 Å². The second kappa shape index (κ2) is 12.8. The second-order valence-corrected chi connectivity index (χ2v) is 10.1. The van der Waals surface area contributed by atoms with Gasteiger partial charge in [0.05, 0.1) is 12.7 Å². The highest BCUT2D eigenvalue weighted by Crippen LogP contribution is 2.26. The minimum absolute atomic E-state index is 0.0476. The highest BCUT2D eigenvalue weighted by Gasteiger charge is 2.14. The summed E-state index contributed by atoms with van der Waals surface area (Å²) in [5, 5.41) is 21.9. The molecule has 8 heteroatoms. The quantitative estimate of drug-likeness (QED) is 0.144. The lowest BCUT2D eigenvalue weighted by Gasteiger charge is -2.13. The molecule has 5 rings (SSSR count). The number of aliphatic hydroxyl groups is 1. The average molecular weight is 542 g/mol. The number of nitrogens with zero attached hydrogens (tertiary/aromatic N) is 3. The van der Waals surface area contributed by atoms with Gasteiger partial charge in [0.15, 0.2) is 0 Å². The van der Waals surface area contributed by atoms with E-state index in [1.165, 1.54) is 6.42 Å². The van der Waals surface area contributed by atoms with Gasteiger partial charge < -0.3 is 19.0 Å². The third-order valence-electron chi connectivity index (χ3n) is 7.09. The average Bonchev–Trinajstić information content (AvgIpc) is 3.41. The summed E-state index contributed by atoms with van der Waals surface area (Å²) in [4.78, 5) is 12.6. The van der Waals surface area contributed by atoms with Crippen molar-refractivity contribution in [2.75, 3.05) is 6.61 Å². The summed E-state index contributed by atoms with van der Waals surface area (Å²) >= 11 is 0. The predicted octanol–water partition coefficient (Wildman–Crippen LogP) is 5.99. The molecule has 5 aromatic rings. The monoisotopic (exact) mass is 541 g/mol. The van der Waals surface area contributed by atoms with Crippen molar-refractivity contribution in [3.63, 3.8) is 0 Å². The summed E-state index contributed by atoms with van der Waals surface area (Å²) in [6.07, 6.45) is 6.08. The van der Waals surface area contributed by atoms with E-state index >= 15 is 0 Å². The van der Waals surface area contributed by atoms with Gasteiger partial charge in [-0.05, 0) is 48.9 Å². The summed E-state index contributed by atoms with van der Waals surface area (Å²) in [6, 6.07) is 19.4. The molecule has 0 aliphatic heterocycles. The van der Waals surface area contributed by atoms with Crippen LogP contribution < -0.4 is 15.1 Å². The number of aryl methyl sites for hydroxylation is 1. The molecule has 2 heterocycles.